The van der Waals surface area contributed by atoms with Gasteiger partial charge in [0.1, 0.15) is 11.4 Å². The third-order valence-corrected chi connectivity index (χ3v) is 2.03. The molecule has 0 saturated carbocycles. The van der Waals surface area contributed by atoms with E-state index >= 15 is 0 Å². The SMILES string of the molecule is Cn1ccnc1C(C(=O)C(F)(F)F)=C(O)C(F)(F)F. The van der Waals surface area contributed by atoms with Crippen LogP contribution in [0.1, 0.15) is 5.82 Å². The fraction of sp³-hybridized carbons (Fsp3) is 0.333. The van der Waals surface area contributed by atoms with E-state index in [9.17, 15) is 31.1 Å². The highest BCUT2D eigenvalue weighted by atomic mass is 19.4. The molecule has 1 rings (SSSR count). The maximum absolute atomic E-state index is 12.3. The van der Waals surface area contributed by atoms with Gasteiger partial charge in [-0.25, -0.2) is 4.98 Å². The lowest BCUT2D eigenvalue weighted by molar-refractivity contribution is -0.165. The van der Waals surface area contributed by atoms with Gasteiger partial charge in [-0.2, -0.15) is 26.3 Å². The fourth-order valence-corrected chi connectivity index (χ4v) is 1.20. The molecule has 1 N–H and O–H groups in total. The van der Waals surface area contributed by atoms with Crippen molar-refractivity contribution in [1.82, 2.24) is 9.55 Å². The molecule has 0 aromatic carbocycles. The summed E-state index contributed by atoms with van der Waals surface area (Å²) in [7, 11) is 1.08. The number of Topliss-reactive ketones (excluding diaryl/α,β-unsaturated/α-hetero) is 1. The van der Waals surface area contributed by atoms with Crippen LogP contribution in [0.25, 0.3) is 5.57 Å². The van der Waals surface area contributed by atoms with Crippen LogP contribution < -0.4 is 0 Å². The number of halogens is 6. The number of imidazole rings is 1. The molecular weight excluding hydrogens is 282 g/mol. The normalized spacial score (nSPS) is 14.3. The molecule has 10 heteroatoms. The quantitative estimate of drug-likeness (QED) is 0.516. The summed E-state index contributed by atoms with van der Waals surface area (Å²) in [6, 6.07) is 0. The molecule has 0 spiro atoms. The van der Waals surface area contributed by atoms with Crippen LogP contribution in [0.5, 0.6) is 0 Å². The molecule has 1 aromatic heterocycles. The van der Waals surface area contributed by atoms with Crippen molar-refractivity contribution in [2.45, 2.75) is 12.4 Å². The van der Waals surface area contributed by atoms with E-state index < -0.39 is 35.3 Å². The standard InChI is InChI=1S/C9H6F6N2O2/c1-17-3-2-16-7(17)4(5(18)8(10,11)12)6(19)9(13,14)15/h2-3,18H,1H3. The van der Waals surface area contributed by atoms with Gasteiger partial charge in [-0.05, 0) is 0 Å². The Hall–Kier alpha value is -2.00. The zero-order chi connectivity index (χ0) is 15.0. The molecule has 0 aliphatic rings. The van der Waals surface area contributed by atoms with Crippen LogP contribution in [0.3, 0.4) is 0 Å². The first-order valence-corrected chi connectivity index (χ1v) is 4.56. The first-order chi connectivity index (χ1) is 8.46. The molecule has 0 atom stereocenters. The average Bonchev–Trinajstić information content (AvgIpc) is 2.62. The maximum Gasteiger partial charge on any atom is 0.455 e. The van der Waals surface area contributed by atoms with Crippen molar-refractivity contribution in [2.24, 2.45) is 7.05 Å². The van der Waals surface area contributed by atoms with Gasteiger partial charge in [0.2, 0.25) is 5.76 Å². The number of alkyl halides is 6. The Morgan fingerprint density at radius 3 is 2.05 bits per heavy atom. The smallest absolute Gasteiger partial charge is 0.455 e. The van der Waals surface area contributed by atoms with Gasteiger partial charge in [-0.3, -0.25) is 4.79 Å². The second-order valence-corrected chi connectivity index (χ2v) is 3.41. The number of hydrogen-bond acceptors (Lipinski definition) is 3. The van der Waals surface area contributed by atoms with Crippen molar-refractivity contribution in [1.29, 1.82) is 0 Å². The second kappa shape index (κ2) is 4.59. The minimum absolute atomic E-state index is 0.751. The molecule has 0 amide bonds. The first kappa shape index (κ1) is 15.1. The van der Waals surface area contributed by atoms with Gasteiger partial charge >= 0.3 is 12.4 Å². The van der Waals surface area contributed by atoms with E-state index in [1.165, 1.54) is 0 Å². The number of hydrogen-bond donors (Lipinski definition) is 1. The lowest BCUT2D eigenvalue weighted by Crippen LogP contribution is -2.28. The van der Waals surface area contributed by atoms with Crippen LogP contribution in [0.4, 0.5) is 26.3 Å². The van der Waals surface area contributed by atoms with Crippen molar-refractivity contribution >= 4 is 11.4 Å². The number of aliphatic hydroxyl groups excluding tert-OH is 1. The molecule has 0 aliphatic carbocycles. The molecule has 0 aliphatic heterocycles. The predicted molar refractivity (Wildman–Crippen MR) is 49.9 cm³/mol. The van der Waals surface area contributed by atoms with Crippen molar-refractivity contribution in [3.05, 3.63) is 24.0 Å². The first-order valence-electron chi connectivity index (χ1n) is 4.56. The van der Waals surface area contributed by atoms with Gasteiger partial charge in [0.05, 0.1) is 0 Å². The Morgan fingerprint density at radius 2 is 1.74 bits per heavy atom. The molecule has 0 fully saturated rings. The van der Waals surface area contributed by atoms with Gasteiger partial charge < -0.3 is 9.67 Å². The summed E-state index contributed by atoms with van der Waals surface area (Å²) in [6.45, 7) is 0. The van der Waals surface area contributed by atoms with Crippen molar-refractivity contribution in [2.75, 3.05) is 0 Å². The molecular formula is C9H6F6N2O2. The maximum atomic E-state index is 12.3. The highest BCUT2D eigenvalue weighted by molar-refractivity contribution is 6.23. The molecule has 0 saturated heterocycles. The minimum Gasteiger partial charge on any atom is -0.504 e. The number of aliphatic hydroxyl groups is 1. The van der Waals surface area contributed by atoms with Crippen molar-refractivity contribution in [3.63, 3.8) is 0 Å². The number of nitrogens with zero attached hydrogens (tertiary/aromatic N) is 2. The number of aromatic nitrogens is 2. The van der Waals surface area contributed by atoms with E-state index in [-0.39, 0.29) is 0 Å². The molecule has 1 heterocycles. The highest BCUT2D eigenvalue weighted by Gasteiger charge is 2.48. The summed E-state index contributed by atoms with van der Waals surface area (Å²) in [5, 5.41) is 8.86. The molecule has 0 bridgehead atoms. The Kier molecular flexibility index (Phi) is 3.64. The van der Waals surface area contributed by atoms with Crippen LogP contribution >= 0.6 is 0 Å². The monoisotopic (exact) mass is 288 g/mol. The Balaban J connectivity index is 3.54. The fourth-order valence-electron chi connectivity index (χ4n) is 1.20. The summed E-state index contributed by atoms with van der Waals surface area (Å²) in [5.41, 5.74) is -1.94. The van der Waals surface area contributed by atoms with Crippen LogP contribution in [0, 0.1) is 0 Å². The van der Waals surface area contributed by atoms with Crippen LogP contribution in [-0.4, -0.2) is 32.8 Å². The predicted octanol–water partition coefficient (Wildman–Crippen LogP) is 2.38. The number of aryl methyl sites for hydroxylation is 1. The average molecular weight is 288 g/mol. The van der Waals surface area contributed by atoms with Crippen LogP contribution in [-0.2, 0) is 11.8 Å². The van der Waals surface area contributed by atoms with Gasteiger partial charge in [-0.1, -0.05) is 0 Å². The second-order valence-electron chi connectivity index (χ2n) is 3.41. The molecule has 0 unspecified atom stereocenters. The van der Waals surface area contributed by atoms with E-state index in [0.717, 1.165) is 24.0 Å². The number of allylic oxidation sites excluding steroid dienone is 2. The van der Waals surface area contributed by atoms with E-state index in [1.54, 1.807) is 0 Å². The minimum atomic E-state index is -5.57. The van der Waals surface area contributed by atoms with Crippen LogP contribution in [0.2, 0.25) is 0 Å². The van der Waals surface area contributed by atoms with E-state index in [2.05, 4.69) is 4.98 Å². The molecule has 0 radical (unpaired) electrons. The van der Waals surface area contributed by atoms with E-state index in [0.29, 0.717) is 0 Å². The van der Waals surface area contributed by atoms with Gasteiger partial charge in [0.15, 0.2) is 0 Å². The Morgan fingerprint density at radius 1 is 1.21 bits per heavy atom. The van der Waals surface area contributed by atoms with E-state index in [1.807, 2.05) is 0 Å². The molecule has 19 heavy (non-hydrogen) atoms. The number of carbonyl (C=O) groups excluding carboxylic acids is 1. The zero-order valence-corrected chi connectivity index (χ0v) is 9.17. The summed E-state index contributed by atoms with van der Waals surface area (Å²) < 4.78 is 74.5. The molecule has 1 aromatic rings. The topological polar surface area (TPSA) is 55.1 Å². The van der Waals surface area contributed by atoms with Gasteiger partial charge in [0, 0.05) is 19.4 Å². The van der Waals surface area contributed by atoms with Gasteiger partial charge in [0.25, 0.3) is 5.78 Å². The Labute approximate surface area is 102 Å². The summed E-state index contributed by atoms with van der Waals surface area (Å²) in [5.74, 6) is -6.39. The third kappa shape index (κ3) is 3.06. The third-order valence-electron chi connectivity index (χ3n) is 2.03. The van der Waals surface area contributed by atoms with Crippen LogP contribution in [0.15, 0.2) is 18.2 Å². The highest BCUT2D eigenvalue weighted by Crippen LogP contribution is 2.34. The number of carbonyl (C=O) groups is 1. The Bertz CT molecular complexity index is 526. The van der Waals surface area contributed by atoms with Crippen molar-refractivity contribution in [3.8, 4) is 0 Å². The summed E-state index contributed by atoms with van der Waals surface area (Å²) in [4.78, 5) is 14.2. The summed E-state index contributed by atoms with van der Waals surface area (Å²) in [6.07, 6.45) is -9.14. The number of ketones is 1. The zero-order valence-electron chi connectivity index (χ0n) is 9.17. The van der Waals surface area contributed by atoms with E-state index in [4.69, 9.17) is 5.11 Å². The lowest BCUT2D eigenvalue weighted by Gasteiger charge is -2.13. The molecule has 106 valence electrons. The number of rotatable bonds is 2. The van der Waals surface area contributed by atoms with Gasteiger partial charge in [-0.15, -0.1) is 0 Å². The summed E-state index contributed by atoms with van der Waals surface area (Å²) >= 11 is 0. The lowest BCUT2D eigenvalue weighted by atomic mass is 10.1. The molecule has 4 nitrogen and oxygen atoms in total. The van der Waals surface area contributed by atoms with Crippen molar-refractivity contribution < 1.29 is 36.2 Å². The largest absolute Gasteiger partial charge is 0.504 e.